The van der Waals surface area contributed by atoms with Gasteiger partial charge in [0.1, 0.15) is 0 Å². The molecule has 3 aromatic heterocycles. The normalized spacial score (nSPS) is 12.6. The highest BCUT2D eigenvalue weighted by molar-refractivity contribution is 7.99. The number of anilines is 6. The van der Waals surface area contributed by atoms with Crippen LogP contribution in [0, 0.1) is 0 Å². The lowest BCUT2D eigenvalue weighted by Crippen LogP contribution is -2.16. The molecule has 16 aromatic rings. The molecule has 7 heteroatoms. The Morgan fingerprint density at radius 1 is 0.299 bits per heavy atom. The Labute approximate surface area is 520 Å². The highest BCUT2D eigenvalue weighted by atomic mass is 32.2. The molecule has 87 heavy (non-hydrogen) atoms. The average Bonchev–Trinajstić information content (AvgIpc) is 2.67. The van der Waals surface area contributed by atoms with Crippen LogP contribution in [0.5, 0.6) is 0 Å². The van der Waals surface area contributed by atoms with Crippen molar-refractivity contribution in [2.24, 2.45) is 0 Å². The van der Waals surface area contributed by atoms with Crippen molar-refractivity contribution >= 4 is 142 Å². The molecule has 3 nitrogen and oxygen atoms in total. The molecule has 5 heterocycles. The van der Waals surface area contributed by atoms with Gasteiger partial charge in [0.2, 0.25) is 0 Å². The van der Waals surface area contributed by atoms with E-state index in [9.17, 15) is 0 Å². The molecule has 0 radical (unpaired) electrons. The Kier molecular flexibility index (Phi) is 12.0. The highest BCUT2D eigenvalue weighted by Gasteiger charge is 2.32. The lowest BCUT2D eigenvalue weighted by molar-refractivity contribution is 1.22. The summed E-state index contributed by atoms with van der Waals surface area (Å²) in [5.74, 6) is 1.76. The number of H-pyrrole nitrogens is 1. The van der Waals surface area contributed by atoms with E-state index in [1.165, 1.54) is 122 Å². The number of para-hydroxylation sites is 4. The van der Waals surface area contributed by atoms with Gasteiger partial charge in [-0.3, -0.25) is 0 Å². The molecular formula is C80H51N3S4. The maximum atomic E-state index is 3.80. The third-order valence-corrected chi connectivity index (χ3v) is 22.4. The maximum absolute atomic E-state index is 3.80. The van der Waals surface area contributed by atoms with Crippen molar-refractivity contribution < 1.29 is 0 Å². The van der Waals surface area contributed by atoms with Crippen LogP contribution in [0.4, 0.5) is 34.1 Å². The lowest BCUT2D eigenvalue weighted by atomic mass is 9.91. The fourth-order valence-electron chi connectivity index (χ4n) is 13.9. The molecule has 2 aliphatic rings. The summed E-state index contributed by atoms with van der Waals surface area (Å²) in [7, 11) is 0. The summed E-state index contributed by atoms with van der Waals surface area (Å²) in [6, 6.07) is 104. The molecule has 2 aliphatic heterocycles. The van der Waals surface area contributed by atoms with Gasteiger partial charge >= 0.3 is 0 Å². The number of thioether (sulfide) groups is 2. The van der Waals surface area contributed by atoms with Crippen LogP contribution < -0.4 is 9.80 Å². The average molecular weight is 1180 g/mol. The van der Waals surface area contributed by atoms with Crippen LogP contribution in [0.1, 0.15) is 11.1 Å². The van der Waals surface area contributed by atoms with Gasteiger partial charge in [0.15, 0.2) is 0 Å². The standard InChI is InChI=1S/C80H51N3S4/c1-3-20-54(21-4-1)82(56-24-13-18-49(45-56)58-28-15-30-63-60-25-7-10-32-67(60)81-78(58)63)68-33-14-19-52-47-85-74-37-17-34-69(77(74)75(52)68)83(55-22-5-2-6-23-55)70-42-41-65-64-31-16-29-59(50-39-43-73-66(46-50)62-27-9-12-36-72(62)86-73)79(64)87-80(65)76(70)51-38-40-57-53(44-51)48-84-71-35-11-8-26-61(57)71/h1-46,81H,47-48H2. The zero-order valence-electron chi connectivity index (χ0n) is 47.0. The molecule has 410 valence electrons. The molecule has 1 N–H and O–H groups in total. The summed E-state index contributed by atoms with van der Waals surface area (Å²) in [4.78, 5) is 11.5. The molecule has 0 saturated carbocycles. The lowest BCUT2D eigenvalue weighted by Gasteiger charge is -2.35. The number of hydrogen-bond donors (Lipinski definition) is 1. The predicted octanol–water partition coefficient (Wildman–Crippen LogP) is 24.5. The number of nitrogens with zero attached hydrogens (tertiary/aromatic N) is 2. The molecule has 0 spiro atoms. The van der Waals surface area contributed by atoms with Crippen molar-refractivity contribution in [1.29, 1.82) is 0 Å². The van der Waals surface area contributed by atoms with E-state index in [0.29, 0.717) is 0 Å². The van der Waals surface area contributed by atoms with Crippen LogP contribution in [0.3, 0.4) is 0 Å². The third kappa shape index (κ3) is 8.25. The third-order valence-electron chi connectivity index (χ3n) is 17.8. The zero-order chi connectivity index (χ0) is 57.1. The Balaban J connectivity index is 0.865. The number of rotatable bonds is 9. The van der Waals surface area contributed by atoms with E-state index in [1.54, 1.807) is 0 Å². The first-order valence-electron chi connectivity index (χ1n) is 29.6. The second kappa shape index (κ2) is 20.5. The van der Waals surface area contributed by atoms with Gasteiger partial charge in [-0.25, -0.2) is 0 Å². The number of aromatic nitrogens is 1. The molecule has 0 atom stereocenters. The molecular weight excluding hydrogens is 1130 g/mol. The van der Waals surface area contributed by atoms with Crippen molar-refractivity contribution in [3.8, 4) is 55.6 Å². The van der Waals surface area contributed by atoms with Crippen LogP contribution in [-0.2, 0) is 11.5 Å². The van der Waals surface area contributed by atoms with Crippen molar-refractivity contribution in [1.82, 2.24) is 4.98 Å². The molecule has 0 saturated heterocycles. The smallest absolute Gasteiger partial charge is 0.0554 e. The number of aromatic amines is 1. The van der Waals surface area contributed by atoms with Gasteiger partial charge in [-0.2, -0.15) is 0 Å². The van der Waals surface area contributed by atoms with Gasteiger partial charge in [0, 0.05) is 117 Å². The summed E-state index contributed by atoms with van der Waals surface area (Å²) in [5, 5.41) is 7.64. The molecule has 0 bridgehead atoms. The summed E-state index contributed by atoms with van der Waals surface area (Å²) >= 11 is 7.70. The number of thiophene rings is 2. The van der Waals surface area contributed by atoms with Crippen LogP contribution in [0.2, 0.25) is 0 Å². The number of benzene rings is 13. The minimum absolute atomic E-state index is 0.850. The van der Waals surface area contributed by atoms with E-state index in [0.717, 1.165) is 62.2 Å². The fourth-order valence-corrected chi connectivity index (χ4v) is 18.5. The van der Waals surface area contributed by atoms with Crippen LogP contribution >= 0.6 is 46.2 Å². The summed E-state index contributed by atoms with van der Waals surface area (Å²) in [6.07, 6.45) is 0. The van der Waals surface area contributed by atoms with Gasteiger partial charge in [0.05, 0.1) is 22.6 Å². The maximum Gasteiger partial charge on any atom is 0.0554 e. The summed E-state index contributed by atoms with van der Waals surface area (Å²) in [6.45, 7) is 0. The topological polar surface area (TPSA) is 22.3 Å². The van der Waals surface area contributed by atoms with E-state index in [-0.39, 0.29) is 0 Å². The first kappa shape index (κ1) is 50.7. The van der Waals surface area contributed by atoms with Crippen LogP contribution in [0.25, 0.3) is 118 Å². The van der Waals surface area contributed by atoms with Gasteiger partial charge in [-0.15, -0.1) is 46.2 Å². The van der Waals surface area contributed by atoms with Crippen molar-refractivity contribution in [3.05, 3.63) is 290 Å². The Morgan fingerprint density at radius 2 is 0.908 bits per heavy atom. The number of hydrogen-bond acceptors (Lipinski definition) is 6. The van der Waals surface area contributed by atoms with E-state index in [1.807, 2.05) is 46.2 Å². The minimum Gasteiger partial charge on any atom is -0.354 e. The monoisotopic (exact) mass is 1180 g/mol. The number of nitrogens with one attached hydrogen (secondary N) is 1. The first-order valence-corrected chi connectivity index (χ1v) is 33.2. The molecule has 0 amide bonds. The van der Waals surface area contributed by atoms with E-state index in [2.05, 4.69) is 294 Å². The van der Waals surface area contributed by atoms with Gasteiger partial charge in [-0.05, 0) is 142 Å². The Bertz CT molecular complexity index is 5440. The van der Waals surface area contributed by atoms with E-state index < -0.39 is 0 Å². The Morgan fingerprint density at radius 3 is 1.79 bits per heavy atom. The van der Waals surface area contributed by atoms with E-state index in [4.69, 9.17) is 0 Å². The van der Waals surface area contributed by atoms with Gasteiger partial charge in [-0.1, -0.05) is 182 Å². The van der Waals surface area contributed by atoms with Crippen molar-refractivity contribution in [2.75, 3.05) is 9.80 Å². The van der Waals surface area contributed by atoms with Crippen molar-refractivity contribution in [2.45, 2.75) is 21.3 Å². The minimum atomic E-state index is 0.850. The predicted molar refractivity (Wildman–Crippen MR) is 377 cm³/mol. The summed E-state index contributed by atoms with van der Waals surface area (Å²) in [5.41, 5.74) is 24.0. The second-order valence-electron chi connectivity index (χ2n) is 22.6. The fraction of sp³-hybridized carbons (Fsp3) is 0.0250. The van der Waals surface area contributed by atoms with Crippen LogP contribution in [-0.4, -0.2) is 4.98 Å². The molecule has 18 rings (SSSR count). The second-order valence-corrected chi connectivity index (χ2v) is 26.8. The first-order chi connectivity index (χ1) is 43.1. The van der Waals surface area contributed by atoms with Crippen molar-refractivity contribution in [3.63, 3.8) is 0 Å². The quantitative estimate of drug-likeness (QED) is 0.156. The Hall–Kier alpha value is -9.60. The van der Waals surface area contributed by atoms with Gasteiger partial charge < -0.3 is 14.8 Å². The largest absolute Gasteiger partial charge is 0.354 e. The molecule has 0 aliphatic carbocycles. The van der Waals surface area contributed by atoms with Gasteiger partial charge in [0.25, 0.3) is 0 Å². The van der Waals surface area contributed by atoms with Crippen LogP contribution in [0.15, 0.2) is 289 Å². The highest BCUT2D eigenvalue weighted by Crippen LogP contribution is 2.58. The molecule has 0 fully saturated rings. The van der Waals surface area contributed by atoms with E-state index >= 15 is 0 Å². The zero-order valence-corrected chi connectivity index (χ0v) is 50.3. The molecule has 13 aromatic carbocycles. The SMILES string of the molecule is c1ccc(N(c2cccc(-c3cccc4c3[nH]c3ccccc34)c2)c2cccc3c2-c2c(cccc2N(c2ccccc2)c2ccc4c(sc5c(-c6ccc7sc8ccccc8c7c6)cccc54)c2-c2ccc4c(c2)CSc2ccccc2-4)SC3)cc1. The molecule has 0 unspecified atom stereocenters. The number of fused-ring (bicyclic) bond motifs is 15. The summed E-state index contributed by atoms with van der Waals surface area (Å²) < 4.78 is 5.22.